The Hall–Kier alpha value is -0.790. The Morgan fingerprint density at radius 3 is 1.91 bits per heavy atom. The molecule has 0 spiro atoms. The molecule has 0 N–H and O–H groups in total. The average Bonchev–Trinajstić information content (AvgIpc) is 2.53. The number of hydrogen-bond donors (Lipinski definition) is 0. The van der Waals surface area contributed by atoms with E-state index in [1.54, 1.807) is 0 Å². The molecule has 0 aromatic rings. The van der Waals surface area contributed by atoms with Crippen LogP contribution < -0.4 is 0 Å². The topological polar surface area (TPSA) is 26.3 Å². The highest BCUT2D eigenvalue weighted by Gasteiger charge is 2.09. The zero-order valence-electron chi connectivity index (χ0n) is 15.1. The van der Waals surface area contributed by atoms with Crippen molar-refractivity contribution in [1.29, 1.82) is 0 Å². The Morgan fingerprint density at radius 1 is 0.864 bits per heavy atom. The van der Waals surface area contributed by atoms with Crippen molar-refractivity contribution in [3.05, 3.63) is 12.7 Å². The van der Waals surface area contributed by atoms with Crippen molar-refractivity contribution >= 4 is 5.97 Å². The van der Waals surface area contributed by atoms with E-state index < -0.39 is 0 Å². The lowest BCUT2D eigenvalue weighted by molar-refractivity contribution is -0.138. The molecule has 0 aliphatic heterocycles. The van der Waals surface area contributed by atoms with E-state index in [0.717, 1.165) is 12.3 Å². The van der Waals surface area contributed by atoms with Gasteiger partial charge in [-0.05, 0) is 12.3 Å². The molecule has 0 aliphatic rings. The maximum absolute atomic E-state index is 11.1. The second-order valence-electron chi connectivity index (χ2n) is 6.43. The van der Waals surface area contributed by atoms with Gasteiger partial charge in [-0.3, -0.25) is 0 Å². The lowest BCUT2D eigenvalue weighted by atomic mass is 9.92. The quantitative estimate of drug-likeness (QED) is 0.186. The van der Waals surface area contributed by atoms with Crippen molar-refractivity contribution in [3.8, 4) is 0 Å². The van der Waals surface area contributed by atoms with E-state index in [0.29, 0.717) is 6.61 Å². The van der Waals surface area contributed by atoms with E-state index >= 15 is 0 Å². The van der Waals surface area contributed by atoms with Crippen molar-refractivity contribution in [2.24, 2.45) is 5.92 Å². The fourth-order valence-corrected chi connectivity index (χ4v) is 2.89. The molecule has 0 saturated carbocycles. The highest BCUT2D eigenvalue weighted by molar-refractivity contribution is 5.81. The van der Waals surface area contributed by atoms with Crippen LogP contribution in [0, 0.1) is 5.92 Å². The third kappa shape index (κ3) is 14.2. The first-order valence-corrected chi connectivity index (χ1v) is 9.53. The second kappa shape index (κ2) is 16.6. The average molecular weight is 311 g/mol. The summed E-state index contributed by atoms with van der Waals surface area (Å²) in [6.07, 6.45) is 18.3. The minimum Gasteiger partial charge on any atom is -0.463 e. The van der Waals surface area contributed by atoms with Gasteiger partial charge in [0.25, 0.3) is 0 Å². The van der Waals surface area contributed by atoms with Crippen molar-refractivity contribution in [2.75, 3.05) is 6.61 Å². The first-order chi connectivity index (χ1) is 10.7. The molecular weight excluding hydrogens is 272 g/mol. The van der Waals surface area contributed by atoms with E-state index in [1.807, 2.05) is 0 Å². The molecule has 2 heteroatoms. The molecule has 0 heterocycles. The van der Waals surface area contributed by atoms with E-state index in [4.69, 9.17) is 4.74 Å². The molecule has 0 bridgehead atoms. The second-order valence-corrected chi connectivity index (χ2v) is 6.43. The Morgan fingerprint density at radius 2 is 1.36 bits per heavy atom. The number of carbonyl (C=O) groups is 1. The van der Waals surface area contributed by atoms with Crippen LogP contribution in [-0.2, 0) is 9.53 Å². The van der Waals surface area contributed by atoms with E-state index in [2.05, 4.69) is 20.4 Å². The SMILES string of the molecule is C=CC(=O)OCCC(CCCCCC)CCCCCCCC. The minimum absolute atomic E-state index is 0.288. The predicted molar refractivity (Wildman–Crippen MR) is 96.0 cm³/mol. The fraction of sp³-hybridized carbons (Fsp3) is 0.850. The Kier molecular flexibility index (Phi) is 16.0. The van der Waals surface area contributed by atoms with Gasteiger partial charge in [-0.1, -0.05) is 97.5 Å². The molecule has 0 aromatic carbocycles. The van der Waals surface area contributed by atoms with E-state index in [9.17, 15) is 4.79 Å². The van der Waals surface area contributed by atoms with Crippen molar-refractivity contribution in [1.82, 2.24) is 0 Å². The normalized spacial score (nSPS) is 12.1. The van der Waals surface area contributed by atoms with Crippen LogP contribution in [0.1, 0.15) is 97.3 Å². The summed E-state index contributed by atoms with van der Waals surface area (Å²) >= 11 is 0. The van der Waals surface area contributed by atoms with Gasteiger partial charge in [-0.2, -0.15) is 0 Å². The molecule has 130 valence electrons. The van der Waals surface area contributed by atoms with Gasteiger partial charge in [0.2, 0.25) is 0 Å². The summed E-state index contributed by atoms with van der Waals surface area (Å²) in [6.45, 7) is 8.51. The van der Waals surface area contributed by atoms with Crippen LogP contribution in [0.25, 0.3) is 0 Å². The summed E-state index contributed by atoms with van der Waals surface area (Å²) in [5.41, 5.74) is 0. The Balaban J connectivity index is 3.83. The van der Waals surface area contributed by atoms with Crippen LogP contribution >= 0.6 is 0 Å². The zero-order chi connectivity index (χ0) is 16.5. The standard InChI is InChI=1S/C20H38O2/c1-4-7-9-11-12-14-16-19(15-13-10-8-5-2)17-18-22-20(21)6-3/h6,19H,3-5,7-18H2,1-2H3. The molecule has 0 saturated heterocycles. The van der Waals surface area contributed by atoms with Crippen LogP contribution in [0.2, 0.25) is 0 Å². The molecule has 0 fully saturated rings. The van der Waals surface area contributed by atoms with Gasteiger partial charge in [-0.15, -0.1) is 0 Å². The van der Waals surface area contributed by atoms with Crippen molar-refractivity contribution < 1.29 is 9.53 Å². The summed E-state index contributed by atoms with van der Waals surface area (Å²) in [5.74, 6) is 0.435. The van der Waals surface area contributed by atoms with Crippen molar-refractivity contribution in [3.63, 3.8) is 0 Å². The maximum Gasteiger partial charge on any atom is 0.330 e. The third-order valence-electron chi connectivity index (χ3n) is 4.37. The number of rotatable bonds is 16. The number of ether oxygens (including phenoxy) is 1. The molecule has 1 unspecified atom stereocenters. The molecule has 22 heavy (non-hydrogen) atoms. The monoisotopic (exact) mass is 310 g/mol. The minimum atomic E-state index is -0.288. The number of carbonyl (C=O) groups excluding carboxylic acids is 1. The van der Waals surface area contributed by atoms with Crippen LogP contribution in [0.3, 0.4) is 0 Å². The molecule has 0 radical (unpaired) electrons. The Bertz CT molecular complexity index is 260. The van der Waals surface area contributed by atoms with Gasteiger partial charge < -0.3 is 4.74 Å². The van der Waals surface area contributed by atoms with Gasteiger partial charge in [0.15, 0.2) is 0 Å². The molecule has 0 rings (SSSR count). The van der Waals surface area contributed by atoms with Crippen LogP contribution in [0.15, 0.2) is 12.7 Å². The van der Waals surface area contributed by atoms with E-state index in [-0.39, 0.29) is 5.97 Å². The molecule has 0 aromatic heterocycles. The van der Waals surface area contributed by atoms with Crippen molar-refractivity contribution in [2.45, 2.75) is 97.3 Å². The smallest absolute Gasteiger partial charge is 0.330 e. The maximum atomic E-state index is 11.1. The van der Waals surface area contributed by atoms with Gasteiger partial charge in [0, 0.05) is 6.08 Å². The number of hydrogen-bond acceptors (Lipinski definition) is 2. The van der Waals surface area contributed by atoms with E-state index in [1.165, 1.54) is 83.1 Å². The number of esters is 1. The van der Waals surface area contributed by atoms with Crippen LogP contribution in [0.4, 0.5) is 0 Å². The summed E-state index contributed by atoms with van der Waals surface area (Å²) in [5, 5.41) is 0. The lowest BCUT2D eigenvalue weighted by Gasteiger charge is -2.16. The summed E-state index contributed by atoms with van der Waals surface area (Å²) in [4.78, 5) is 11.1. The van der Waals surface area contributed by atoms with Gasteiger partial charge in [0.1, 0.15) is 0 Å². The van der Waals surface area contributed by atoms with Crippen LogP contribution in [-0.4, -0.2) is 12.6 Å². The van der Waals surface area contributed by atoms with Gasteiger partial charge >= 0.3 is 5.97 Å². The summed E-state index contributed by atoms with van der Waals surface area (Å²) in [7, 11) is 0. The number of unbranched alkanes of at least 4 members (excludes halogenated alkanes) is 8. The zero-order valence-corrected chi connectivity index (χ0v) is 15.1. The predicted octanol–water partition coefficient (Wildman–Crippen LogP) is 6.44. The summed E-state index contributed by atoms with van der Waals surface area (Å²) in [6, 6.07) is 0. The first kappa shape index (κ1) is 21.2. The largest absolute Gasteiger partial charge is 0.463 e. The highest BCUT2D eigenvalue weighted by Crippen LogP contribution is 2.22. The molecular formula is C20H38O2. The lowest BCUT2D eigenvalue weighted by Crippen LogP contribution is -2.09. The van der Waals surface area contributed by atoms with Gasteiger partial charge in [-0.25, -0.2) is 4.79 Å². The molecule has 0 aliphatic carbocycles. The molecule has 2 nitrogen and oxygen atoms in total. The molecule has 1 atom stereocenters. The van der Waals surface area contributed by atoms with Crippen LogP contribution in [0.5, 0.6) is 0 Å². The highest BCUT2D eigenvalue weighted by atomic mass is 16.5. The third-order valence-corrected chi connectivity index (χ3v) is 4.37. The first-order valence-electron chi connectivity index (χ1n) is 9.53. The Labute approximate surface area is 138 Å². The summed E-state index contributed by atoms with van der Waals surface area (Å²) < 4.78 is 5.15. The molecule has 0 amide bonds. The van der Waals surface area contributed by atoms with Gasteiger partial charge in [0.05, 0.1) is 6.61 Å². The fourth-order valence-electron chi connectivity index (χ4n) is 2.89.